The topological polar surface area (TPSA) is 55.2 Å². The van der Waals surface area contributed by atoms with Crippen LogP contribution in [0.1, 0.15) is 13.3 Å². The molecule has 1 aromatic rings. The van der Waals surface area contributed by atoms with E-state index in [1.807, 2.05) is 29.5 Å². The molecule has 0 aliphatic carbocycles. The van der Waals surface area contributed by atoms with E-state index in [-0.39, 0.29) is 11.7 Å². The van der Waals surface area contributed by atoms with Gasteiger partial charge in [0.15, 0.2) is 0 Å². The van der Waals surface area contributed by atoms with E-state index in [2.05, 4.69) is 11.2 Å². The zero-order valence-corrected chi connectivity index (χ0v) is 10.9. The van der Waals surface area contributed by atoms with Gasteiger partial charge in [-0.1, -0.05) is 12.8 Å². The number of benzene rings is 1. The van der Waals surface area contributed by atoms with E-state index in [4.69, 9.17) is 6.42 Å². The summed E-state index contributed by atoms with van der Waals surface area (Å²) >= 11 is 2.05. The van der Waals surface area contributed by atoms with Crippen molar-refractivity contribution in [2.75, 3.05) is 5.32 Å². The Bertz CT molecular complexity index is 440. The highest BCUT2D eigenvalue weighted by Gasteiger charge is 2.10. The zero-order valence-electron chi connectivity index (χ0n) is 8.74. The molecule has 1 aromatic carbocycles. The molecule has 1 atom stereocenters. The van der Waals surface area contributed by atoms with Gasteiger partial charge < -0.3 is 5.32 Å². The second-order valence-corrected chi connectivity index (χ2v) is 4.36. The number of nitro groups is 1. The quantitative estimate of drug-likeness (QED) is 0.400. The van der Waals surface area contributed by atoms with E-state index >= 15 is 0 Å². The molecule has 5 heteroatoms. The van der Waals surface area contributed by atoms with Gasteiger partial charge in [-0.05, 0) is 35.1 Å². The van der Waals surface area contributed by atoms with Gasteiger partial charge in [0.1, 0.15) is 0 Å². The van der Waals surface area contributed by atoms with Crippen LogP contribution in [0.4, 0.5) is 11.4 Å². The monoisotopic (exact) mass is 330 g/mol. The molecule has 4 nitrogen and oxygen atoms in total. The first-order valence-electron chi connectivity index (χ1n) is 4.75. The minimum atomic E-state index is -0.412. The van der Waals surface area contributed by atoms with Crippen molar-refractivity contribution in [1.82, 2.24) is 0 Å². The Balaban J connectivity index is 2.92. The highest BCUT2D eigenvalue weighted by molar-refractivity contribution is 14.1. The average Bonchev–Trinajstić information content (AvgIpc) is 2.27. The third-order valence-corrected chi connectivity index (χ3v) is 3.00. The predicted molar refractivity (Wildman–Crippen MR) is 72.3 cm³/mol. The van der Waals surface area contributed by atoms with Crippen molar-refractivity contribution in [3.8, 4) is 12.3 Å². The van der Waals surface area contributed by atoms with E-state index in [0.29, 0.717) is 0 Å². The fourth-order valence-electron chi connectivity index (χ4n) is 1.18. The fourth-order valence-corrected chi connectivity index (χ4v) is 1.84. The van der Waals surface area contributed by atoms with Crippen LogP contribution < -0.4 is 5.32 Å². The molecule has 0 heterocycles. The summed E-state index contributed by atoms with van der Waals surface area (Å²) in [4.78, 5) is 10.1. The normalized spacial score (nSPS) is 11.6. The Labute approximate surface area is 108 Å². The smallest absolute Gasteiger partial charge is 0.270 e. The van der Waals surface area contributed by atoms with Gasteiger partial charge in [-0.2, -0.15) is 0 Å². The number of halogens is 1. The number of anilines is 1. The Kier molecular flexibility index (Phi) is 4.55. The molecule has 1 unspecified atom stereocenters. The van der Waals surface area contributed by atoms with Crippen molar-refractivity contribution in [1.29, 1.82) is 0 Å². The maximum atomic E-state index is 10.5. The Hall–Kier alpha value is -1.29. The number of non-ortho nitro benzene ring substituents is 1. The van der Waals surface area contributed by atoms with Crippen LogP contribution in [0.25, 0.3) is 0 Å². The number of hydrogen-bond donors (Lipinski definition) is 1. The van der Waals surface area contributed by atoms with E-state index in [1.54, 1.807) is 6.07 Å². The number of hydrogen-bond acceptors (Lipinski definition) is 3. The number of nitrogens with one attached hydrogen (secondary N) is 1. The average molecular weight is 330 g/mol. The van der Waals surface area contributed by atoms with Gasteiger partial charge in [0.2, 0.25) is 0 Å². The van der Waals surface area contributed by atoms with E-state index < -0.39 is 4.92 Å². The molecule has 0 fully saturated rings. The molecule has 84 valence electrons. The molecule has 0 bridgehead atoms. The van der Waals surface area contributed by atoms with Gasteiger partial charge in [0.05, 0.1) is 11.0 Å². The molecule has 0 aliphatic heterocycles. The summed E-state index contributed by atoms with van der Waals surface area (Å²) in [6.07, 6.45) is 6.15. The van der Waals surface area contributed by atoms with Gasteiger partial charge in [0, 0.05) is 21.4 Å². The molecule has 1 rings (SSSR count). The van der Waals surface area contributed by atoms with Gasteiger partial charge in [0.25, 0.3) is 5.69 Å². The minimum absolute atomic E-state index is 0.0463. The third-order valence-electron chi connectivity index (χ3n) is 2.10. The first-order valence-corrected chi connectivity index (χ1v) is 5.83. The zero-order chi connectivity index (χ0) is 12.1. The maximum absolute atomic E-state index is 10.5. The van der Waals surface area contributed by atoms with E-state index in [0.717, 1.165) is 15.7 Å². The highest BCUT2D eigenvalue weighted by atomic mass is 127. The molecule has 0 aliphatic rings. The molecule has 0 saturated carbocycles. The second-order valence-electron chi connectivity index (χ2n) is 3.19. The predicted octanol–water partition coefficient (Wildman–Crippen LogP) is 3.02. The van der Waals surface area contributed by atoms with Gasteiger partial charge in [-0.3, -0.25) is 10.1 Å². The fraction of sp³-hybridized carbons (Fsp3) is 0.273. The lowest BCUT2D eigenvalue weighted by Gasteiger charge is -2.13. The number of nitro benzene ring substituents is 1. The molecular weight excluding hydrogens is 319 g/mol. The molecule has 0 radical (unpaired) electrons. The molecule has 0 aromatic heterocycles. The standard InChI is InChI=1S/C11H11IN2O2/c1-3-8(4-2)13-11-6-5-9(14(15)16)7-10(11)12/h1,5-8,13H,4H2,2H3. The maximum Gasteiger partial charge on any atom is 0.270 e. The van der Waals surface area contributed by atoms with Crippen LogP contribution in [0, 0.1) is 26.0 Å². The van der Waals surface area contributed by atoms with Crippen LogP contribution in [0.15, 0.2) is 18.2 Å². The first-order chi connectivity index (χ1) is 7.58. The largest absolute Gasteiger partial charge is 0.371 e. The van der Waals surface area contributed by atoms with Gasteiger partial charge in [-0.25, -0.2) is 0 Å². The van der Waals surface area contributed by atoms with Crippen LogP contribution in [-0.4, -0.2) is 11.0 Å². The summed E-state index contributed by atoms with van der Waals surface area (Å²) in [6, 6.07) is 4.62. The van der Waals surface area contributed by atoms with E-state index in [9.17, 15) is 10.1 Å². The summed E-state index contributed by atoms with van der Waals surface area (Å²) in [5.74, 6) is 2.62. The lowest BCUT2D eigenvalue weighted by Crippen LogP contribution is -2.16. The summed E-state index contributed by atoms with van der Waals surface area (Å²) in [7, 11) is 0. The Morgan fingerprint density at radius 1 is 1.69 bits per heavy atom. The van der Waals surface area contributed by atoms with Crippen LogP contribution in [0.5, 0.6) is 0 Å². The van der Waals surface area contributed by atoms with Crippen molar-refractivity contribution in [2.24, 2.45) is 0 Å². The Morgan fingerprint density at radius 2 is 2.38 bits per heavy atom. The molecule has 1 N–H and O–H groups in total. The highest BCUT2D eigenvalue weighted by Crippen LogP contribution is 2.24. The van der Waals surface area contributed by atoms with Crippen molar-refractivity contribution in [2.45, 2.75) is 19.4 Å². The molecule has 0 spiro atoms. The van der Waals surface area contributed by atoms with Crippen LogP contribution >= 0.6 is 22.6 Å². The van der Waals surface area contributed by atoms with Gasteiger partial charge >= 0.3 is 0 Å². The summed E-state index contributed by atoms with van der Waals surface area (Å²) < 4.78 is 0.792. The molecule has 0 saturated heterocycles. The van der Waals surface area contributed by atoms with Crippen LogP contribution in [0.2, 0.25) is 0 Å². The lowest BCUT2D eigenvalue weighted by molar-refractivity contribution is -0.384. The molecular formula is C11H11IN2O2. The summed E-state index contributed by atoms with van der Waals surface area (Å²) in [5, 5.41) is 13.7. The first kappa shape index (κ1) is 12.8. The number of terminal acetylenes is 1. The minimum Gasteiger partial charge on any atom is -0.371 e. The summed E-state index contributed by atoms with van der Waals surface area (Å²) in [5.41, 5.74) is 0.916. The molecule has 16 heavy (non-hydrogen) atoms. The SMILES string of the molecule is C#CC(CC)Nc1ccc([N+](=O)[O-])cc1I. The van der Waals surface area contributed by atoms with E-state index in [1.165, 1.54) is 12.1 Å². The van der Waals surface area contributed by atoms with Crippen molar-refractivity contribution < 1.29 is 4.92 Å². The van der Waals surface area contributed by atoms with Crippen LogP contribution in [0.3, 0.4) is 0 Å². The number of nitrogens with zero attached hydrogens (tertiary/aromatic N) is 1. The second kappa shape index (κ2) is 5.70. The van der Waals surface area contributed by atoms with Crippen LogP contribution in [-0.2, 0) is 0 Å². The lowest BCUT2D eigenvalue weighted by atomic mass is 10.2. The van der Waals surface area contributed by atoms with Crippen molar-refractivity contribution in [3.05, 3.63) is 31.9 Å². The third kappa shape index (κ3) is 3.10. The summed E-state index contributed by atoms with van der Waals surface area (Å²) in [6.45, 7) is 1.98. The Morgan fingerprint density at radius 3 is 2.81 bits per heavy atom. The van der Waals surface area contributed by atoms with Crippen molar-refractivity contribution >= 4 is 34.0 Å². The van der Waals surface area contributed by atoms with Crippen molar-refractivity contribution in [3.63, 3.8) is 0 Å². The number of rotatable bonds is 4. The van der Waals surface area contributed by atoms with Gasteiger partial charge in [-0.15, -0.1) is 6.42 Å². The molecule has 0 amide bonds.